The van der Waals surface area contributed by atoms with E-state index in [-0.39, 0.29) is 30.4 Å². The van der Waals surface area contributed by atoms with Gasteiger partial charge in [-0.15, -0.1) is 0 Å². The van der Waals surface area contributed by atoms with Gasteiger partial charge < -0.3 is 20.4 Å². The average Bonchev–Trinajstić information content (AvgIpc) is 3.33. The summed E-state index contributed by atoms with van der Waals surface area (Å²) in [5, 5.41) is 24.5. The van der Waals surface area contributed by atoms with Gasteiger partial charge in [0.25, 0.3) is 5.91 Å². The van der Waals surface area contributed by atoms with E-state index in [1.165, 1.54) is 17.0 Å². The molecule has 0 spiro atoms. The highest BCUT2D eigenvalue weighted by Gasteiger charge is 2.36. The van der Waals surface area contributed by atoms with Gasteiger partial charge in [0.2, 0.25) is 5.91 Å². The van der Waals surface area contributed by atoms with Crippen LogP contribution in [0.2, 0.25) is 0 Å². The molecule has 3 atom stereocenters. The van der Waals surface area contributed by atoms with Crippen LogP contribution in [0.3, 0.4) is 0 Å². The number of carboxylic acids is 1. The molecule has 1 fully saturated rings. The van der Waals surface area contributed by atoms with Gasteiger partial charge in [-0.05, 0) is 56.0 Å². The molecule has 0 aromatic heterocycles. The fourth-order valence-electron chi connectivity index (χ4n) is 3.94. The molecule has 2 amide bonds. The number of hydrogen-bond acceptors (Lipinski definition) is 6. The quantitative estimate of drug-likeness (QED) is 0.414. The highest BCUT2D eigenvalue weighted by molar-refractivity contribution is 5.98. The number of aromatic hydroxyl groups is 1. The number of aliphatic carboxylic acids is 1. The fraction of sp³-hybridized carbons (Fsp3) is 0.360. The van der Waals surface area contributed by atoms with Gasteiger partial charge in [0.05, 0.1) is 18.6 Å². The van der Waals surface area contributed by atoms with Crippen molar-refractivity contribution in [3.8, 4) is 5.75 Å². The first-order valence-corrected chi connectivity index (χ1v) is 11.2. The second kappa shape index (κ2) is 11.4. The van der Waals surface area contributed by atoms with Crippen molar-refractivity contribution in [2.45, 2.75) is 44.3 Å². The Hall–Kier alpha value is -3.72. The van der Waals surface area contributed by atoms with Crippen LogP contribution in [-0.4, -0.2) is 69.9 Å². The SMILES string of the molecule is C[C@H](NCC(=O)C(Cc1ccc(O)cc1)NC(=O)c1ccccc1)C(=O)N1CCC[C@H]1C(=O)O. The van der Waals surface area contributed by atoms with Gasteiger partial charge in [0.15, 0.2) is 5.78 Å². The van der Waals surface area contributed by atoms with Gasteiger partial charge in [-0.3, -0.25) is 19.7 Å². The summed E-state index contributed by atoms with van der Waals surface area (Å²) < 4.78 is 0. The summed E-state index contributed by atoms with van der Waals surface area (Å²) >= 11 is 0. The minimum Gasteiger partial charge on any atom is -0.508 e. The lowest BCUT2D eigenvalue weighted by molar-refractivity contribution is -0.148. The van der Waals surface area contributed by atoms with E-state index < -0.39 is 30.0 Å². The second-order valence-corrected chi connectivity index (χ2v) is 8.36. The van der Waals surface area contributed by atoms with Crippen LogP contribution in [0.15, 0.2) is 54.6 Å². The minimum absolute atomic E-state index is 0.0931. The Morgan fingerprint density at radius 3 is 2.38 bits per heavy atom. The number of Topliss-reactive ketones (excluding diaryl/α,β-unsaturated/α-hetero) is 1. The lowest BCUT2D eigenvalue weighted by Crippen LogP contribution is -2.52. The van der Waals surface area contributed by atoms with E-state index in [4.69, 9.17) is 0 Å². The Balaban J connectivity index is 1.66. The maximum atomic E-state index is 13.1. The molecule has 180 valence electrons. The van der Waals surface area contributed by atoms with Crippen molar-refractivity contribution in [2.24, 2.45) is 0 Å². The van der Waals surface area contributed by atoms with Crippen LogP contribution in [0, 0.1) is 0 Å². The Bertz CT molecular complexity index is 1020. The van der Waals surface area contributed by atoms with E-state index in [1.807, 2.05) is 0 Å². The number of nitrogens with zero attached hydrogens (tertiary/aromatic N) is 1. The van der Waals surface area contributed by atoms with Crippen LogP contribution < -0.4 is 10.6 Å². The lowest BCUT2D eigenvalue weighted by Gasteiger charge is -2.26. The molecule has 0 radical (unpaired) electrons. The first-order valence-electron chi connectivity index (χ1n) is 11.2. The number of likely N-dealkylation sites (tertiary alicyclic amines) is 1. The van der Waals surface area contributed by atoms with Gasteiger partial charge in [-0.2, -0.15) is 0 Å². The molecule has 1 unspecified atom stereocenters. The lowest BCUT2D eigenvalue weighted by atomic mass is 10.0. The summed E-state index contributed by atoms with van der Waals surface area (Å²) in [6.07, 6.45) is 1.23. The minimum atomic E-state index is -1.04. The van der Waals surface area contributed by atoms with E-state index >= 15 is 0 Å². The number of ketones is 1. The van der Waals surface area contributed by atoms with E-state index in [2.05, 4.69) is 10.6 Å². The molecule has 2 aromatic carbocycles. The van der Waals surface area contributed by atoms with Crippen LogP contribution >= 0.6 is 0 Å². The van der Waals surface area contributed by atoms with Crippen LogP contribution in [0.25, 0.3) is 0 Å². The zero-order chi connectivity index (χ0) is 24.7. The first-order chi connectivity index (χ1) is 16.3. The molecule has 0 aliphatic carbocycles. The van der Waals surface area contributed by atoms with E-state index in [9.17, 15) is 29.4 Å². The number of rotatable bonds is 10. The Morgan fingerprint density at radius 2 is 1.74 bits per heavy atom. The number of carbonyl (C=O) groups excluding carboxylic acids is 3. The number of amides is 2. The van der Waals surface area contributed by atoms with Crippen LogP contribution in [0.4, 0.5) is 0 Å². The molecule has 9 nitrogen and oxygen atoms in total. The largest absolute Gasteiger partial charge is 0.508 e. The summed E-state index contributed by atoms with van der Waals surface area (Å²) in [4.78, 5) is 51.2. The molecule has 2 aromatic rings. The zero-order valence-electron chi connectivity index (χ0n) is 18.9. The van der Waals surface area contributed by atoms with E-state index in [0.717, 1.165) is 5.56 Å². The Morgan fingerprint density at radius 1 is 1.06 bits per heavy atom. The summed E-state index contributed by atoms with van der Waals surface area (Å²) in [5.41, 5.74) is 1.16. The summed E-state index contributed by atoms with van der Waals surface area (Å²) in [7, 11) is 0. The molecule has 3 rings (SSSR count). The molecule has 9 heteroatoms. The van der Waals surface area contributed by atoms with Crippen molar-refractivity contribution < 1.29 is 29.4 Å². The fourth-order valence-corrected chi connectivity index (χ4v) is 3.94. The number of benzene rings is 2. The van der Waals surface area contributed by atoms with Crippen LogP contribution in [-0.2, 0) is 20.8 Å². The number of phenols is 1. The Labute approximate surface area is 197 Å². The number of hydrogen-bond donors (Lipinski definition) is 4. The third-order valence-corrected chi connectivity index (χ3v) is 5.88. The normalized spacial score (nSPS) is 17.1. The van der Waals surface area contributed by atoms with Crippen molar-refractivity contribution in [2.75, 3.05) is 13.1 Å². The smallest absolute Gasteiger partial charge is 0.326 e. The predicted octanol–water partition coefficient (Wildman–Crippen LogP) is 1.36. The topological polar surface area (TPSA) is 136 Å². The summed E-state index contributed by atoms with van der Waals surface area (Å²) in [6.45, 7) is 1.77. The molecular formula is C25H29N3O6. The number of nitrogens with one attached hydrogen (secondary N) is 2. The van der Waals surface area contributed by atoms with Gasteiger partial charge in [0.1, 0.15) is 11.8 Å². The van der Waals surface area contributed by atoms with Crippen molar-refractivity contribution in [1.29, 1.82) is 0 Å². The third-order valence-electron chi connectivity index (χ3n) is 5.88. The van der Waals surface area contributed by atoms with E-state index in [0.29, 0.717) is 24.9 Å². The Kier molecular flexibility index (Phi) is 8.37. The second-order valence-electron chi connectivity index (χ2n) is 8.36. The van der Waals surface area contributed by atoms with E-state index in [1.54, 1.807) is 49.4 Å². The van der Waals surface area contributed by atoms with Gasteiger partial charge in [0, 0.05) is 12.1 Å². The highest BCUT2D eigenvalue weighted by Crippen LogP contribution is 2.18. The molecule has 4 N–H and O–H groups in total. The van der Waals surface area contributed by atoms with Crippen molar-refractivity contribution in [1.82, 2.24) is 15.5 Å². The van der Waals surface area contributed by atoms with Crippen LogP contribution in [0.5, 0.6) is 5.75 Å². The van der Waals surface area contributed by atoms with Gasteiger partial charge >= 0.3 is 5.97 Å². The third kappa shape index (κ3) is 6.41. The number of carbonyl (C=O) groups is 4. The summed E-state index contributed by atoms with van der Waals surface area (Å²) in [6, 6.07) is 12.4. The van der Waals surface area contributed by atoms with Crippen LogP contribution in [0.1, 0.15) is 35.7 Å². The molecular weight excluding hydrogens is 438 g/mol. The molecule has 0 bridgehead atoms. The first kappa shape index (κ1) is 24.9. The highest BCUT2D eigenvalue weighted by atomic mass is 16.4. The van der Waals surface area contributed by atoms with Crippen molar-refractivity contribution in [3.05, 3.63) is 65.7 Å². The summed E-state index contributed by atoms with van der Waals surface area (Å²) in [5.74, 6) is -2.04. The monoisotopic (exact) mass is 467 g/mol. The van der Waals surface area contributed by atoms with Crippen molar-refractivity contribution >= 4 is 23.6 Å². The van der Waals surface area contributed by atoms with Gasteiger partial charge in [-0.1, -0.05) is 30.3 Å². The standard InChI is InChI=1S/C25H29N3O6/c1-16(24(32)28-13-5-8-21(28)25(33)34)26-15-22(30)20(14-17-9-11-19(29)12-10-17)27-23(31)18-6-3-2-4-7-18/h2-4,6-7,9-12,16,20-21,26,29H,5,8,13-15H2,1H3,(H,27,31)(H,33,34)/t16-,20?,21-/m0/s1. The molecule has 0 saturated carbocycles. The molecule has 1 saturated heterocycles. The molecule has 1 aliphatic heterocycles. The number of carboxylic acid groups (broad SMARTS) is 1. The maximum absolute atomic E-state index is 13.1. The molecule has 1 heterocycles. The average molecular weight is 468 g/mol. The van der Waals surface area contributed by atoms with Crippen molar-refractivity contribution in [3.63, 3.8) is 0 Å². The number of phenolic OH excluding ortho intramolecular Hbond substituents is 1. The molecule has 34 heavy (non-hydrogen) atoms. The van der Waals surface area contributed by atoms with Gasteiger partial charge in [-0.25, -0.2) is 4.79 Å². The predicted molar refractivity (Wildman–Crippen MR) is 124 cm³/mol. The molecule has 1 aliphatic rings. The zero-order valence-corrected chi connectivity index (χ0v) is 18.9. The maximum Gasteiger partial charge on any atom is 0.326 e.